The van der Waals surface area contributed by atoms with E-state index in [0.717, 1.165) is 16.7 Å². The molecule has 1 N–H and O–H groups in total. The molecule has 2 rings (SSSR count). The number of hydrogen-bond donors (Lipinski definition) is 1. The Morgan fingerprint density at radius 1 is 1.04 bits per heavy atom. The fraction of sp³-hybridized carbons (Fsp3) is 0.278. The van der Waals surface area contributed by atoms with Gasteiger partial charge in [-0.25, -0.2) is 0 Å². The summed E-state index contributed by atoms with van der Waals surface area (Å²) >= 11 is 0. The molecule has 2 unspecified atom stereocenters. The molecule has 0 fully saturated rings. The van der Waals surface area contributed by atoms with Crippen molar-refractivity contribution < 1.29 is 19.0 Å². The largest absolute Gasteiger partial charge is 0.368 e. The van der Waals surface area contributed by atoms with Crippen molar-refractivity contribution in [1.82, 2.24) is 0 Å². The van der Waals surface area contributed by atoms with Gasteiger partial charge in [0.25, 0.3) is 0 Å². The average molecular weight is 332 g/mol. The first-order chi connectivity index (χ1) is 10.8. The van der Waals surface area contributed by atoms with Crippen LogP contribution in [-0.4, -0.2) is 17.2 Å². The van der Waals surface area contributed by atoms with Crippen LogP contribution in [0.5, 0.6) is 0 Å². The highest BCUT2D eigenvalue weighted by atomic mass is 31.1. The van der Waals surface area contributed by atoms with E-state index in [-0.39, 0.29) is 5.78 Å². The van der Waals surface area contributed by atoms with Gasteiger partial charge in [-0.05, 0) is 50.5 Å². The van der Waals surface area contributed by atoms with Crippen LogP contribution in [-0.2, 0) is 9.09 Å². The minimum absolute atomic E-state index is 0.186. The molecule has 0 radical (unpaired) electrons. The summed E-state index contributed by atoms with van der Waals surface area (Å²) in [4.78, 5) is 12.9. The minimum atomic E-state index is -2.70. The third kappa shape index (κ3) is 3.78. The standard InChI is InChI=1S/C18H21O4P/c1-11-9-10-15(13(3)12(11)2)18(20)16-7-5-6-8-17(16)23(21)22-14(4)19/h5-10,14,19,23H,1-4H3. The number of rotatable bonds is 5. The summed E-state index contributed by atoms with van der Waals surface area (Å²) in [5.41, 5.74) is 4.05. The molecule has 0 saturated carbocycles. The van der Waals surface area contributed by atoms with Gasteiger partial charge in [0.1, 0.15) is 0 Å². The lowest BCUT2D eigenvalue weighted by Gasteiger charge is -2.14. The number of aryl methyl sites for hydroxylation is 1. The lowest BCUT2D eigenvalue weighted by molar-refractivity contribution is 0.00784. The van der Waals surface area contributed by atoms with E-state index in [1.54, 1.807) is 30.3 Å². The maximum absolute atomic E-state index is 12.9. The quantitative estimate of drug-likeness (QED) is 0.518. The number of benzene rings is 2. The first-order valence-electron chi connectivity index (χ1n) is 7.42. The van der Waals surface area contributed by atoms with Gasteiger partial charge in [0.05, 0.1) is 0 Å². The Bertz CT molecular complexity index is 766. The highest BCUT2D eigenvalue weighted by Crippen LogP contribution is 2.27. The van der Waals surface area contributed by atoms with Crippen molar-refractivity contribution >= 4 is 19.1 Å². The summed E-state index contributed by atoms with van der Waals surface area (Å²) in [6.07, 6.45) is -1.15. The van der Waals surface area contributed by atoms with Crippen LogP contribution in [0.3, 0.4) is 0 Å². The molecule has 0 aliphatic heterocycles. The monoisotopic (exact) mass is 332 g/mol. The van der Waals surface area contributed by atoms with Gasteiger partial charge < -0.3 is 5.11 Å². The van der Waals surface area contributed by atoms with Crippen LogP contribution in [0, 0.1) is 20.8 Å². The van der Waals surface area contributed by atoms with Crippen molar-refractivity contribution in [3.63, 3.8) is 0 Å². The smallest absolute Gasteiger partial charge is 0.223 e. The third-order valence-electron chi connectivity index (χ3n) is 3.97. The molecule has 0 aliphatic carbocycles. The summed E-state index contributed by atoms with van der Waals surface area (Å²) in [6.45, 7) is 7.28. The van der Waals surface area contributed by atoms with Gasteiger partial charge in [-0.2, -0.15) is 0 Å². The van der Waals surface area contributed by atoms with Crippen molar-refractivity contribution in [3.8, 4) is 0 Å². The Labute approximate surface area is 137 Å². The number of hydrogen-bond acceptors (Lipinski definition) is 4. The molecule has 0 spiro atoms. The lowest BCUT2D eigenvalue weighted by Crippen LogP contribution is -2.16. The normalized spacial score (nSPS) is 13.6. The Morgan fingerprint density at radius 2 is 1.70 bits per heavy atom. The van der Waals surface area contributed by atoms with E-state index in [1.165, 1.54) is 6.92 Å². The molecule has 4 nitrogen and oxygen atoms in total. The molecule has 0 aliphatic rings. The van der Waals surface area contributed by atoms with E-state index in [0.29, 0.717) is 16.4 Å². The molecule has 0 heterocycles. The Balaban J connectivity index is 2.49. The van der Waals surface area contributed by atoms with Crippen LogP contribution in [0.2, 0.25) is 0 Å². The average Bonchev–Trinajstić information content (AvgIpc) is 2.51. The number of carbonyl (C=O) groups is 1. The van der Waals surface area contributed by atoms with Crippen LogP contribution in [0.15, 0.2) is 36.4 Å². The second-order valence-electron chi connectivity index (χ2n) is 5.56. The van der Waals surface area contributed by atoms with Gasteiger partial charge in [-0.3, -0.25) is 13.9 Å². The summed E-state index contributed by atoms with van der Waals surface area (Å²) in [5, 5.41) is 9.59. The molecule has 0 bridgehead atoms. The van der Waals surface area contributed by atoms with Crippen LogP contribution < -0.4 is 5.30 Å². The summed E-state index contributed by atoms with van der Waals surface area (Å²) in [7, 11) is -2.70. The van der Waals surface area contributed by atoms with Crippen molar-refractivity contribution in [2.24, 2.45) is 0 Å². The second-order valence-corrected chi connectivity index (χ2v) is 6.91. The second kappa shape index (κ2) is 7.22. The van der Waals surface area contributed by atoms with Crippen molar-refractivity contribution in [3.05, 3.63) is 64.2 Å². The van der Waals surface area contributed by atoms with E-state index >= 15 is 0 Å². The number of ketones is 1. The van der Waals surface area contributed by atoms with E-state index in [2.05, 4.69) is 0 Å². The zero-order valence-electron chi connectivity index (χ0n) is 13.7. The molecular formula is C18H21O4P. The van der Waals surface area contributed by atoms with Gasteiger partial charge in [0, 0.05) is 16.4 Å². The van der Waals surface area contributed by atoms with Crippen LogP contribution >= 0.6 is 8.03 Å². The Kier molecular flexibility index (Phi) is 5.53. The molecule has 2 aromatic carbocycles. The Hall–Kier alpha value is -1.74. The summed E-state index contributed by atoms with van der Waals surface area (Å²) in [6, 6.07) is 10.4. The third-order valence-corrected chi connectivity index (χ3v) is 5.40. The van der Waals surface area contributed by atoms with Gasteiger partial charge in [-0.15, -0.1) is 0 Å². The van der Waals surface area contributed by atoms with Crippen LogP contribution in [0.25, 0.3) is 0 Å². The predicted molar refractivity (Wildman–Crippen MR) is 91.9 cm³/mol. The molecule has 122 valence electrons. The van der Waals surface area contributed by atoms with Gasteiger partial charge >= 0.3 is 0 Å². The summed E-state index contributed by atoms with van der Waals surface area (Å²) in [5.74, 6) is -0.186. The molecule has 23 heavy (non-hydrogen) atoms. The van der Waals surface area contributed by atoms with Crippen molar-refractivity contribution in [2.45, 2.75) is 34.0 Å². The van der Waals surface area contributed by atoms with E-state index in [9.17, 15) is 14.5 Å². The van der Waals surface area contributed by atoms with E-state index in [4.69, 9.17) is 4.52 Å². The predicted octanol–water partition coefficient (Wildman–Crippen LogP) is 3.30. The first kappa shape index (κ1) is 17.6. The van der Waals surface area contributed by atoms with Crippen LogP contribution in [0.4, 0.5) is 0 Å². The highest BCUT2D eigenvalue weighted by Gasteiger charge is 2.20. The molecule has 0 aromatic heterocycles. The van der Waals surface area contributed by atoms with Gasteiger partial charge in [-0.1, -0.05) is 30.3 Å². The maximum Gasteiger partial charge on any atom is 0.223 e. The lowest BCUT2D eigenvalue weighted by atomic mass is 9.93. The molecular weight excluding hydrogens is 311 g/mol. The SMILES string of the molecule is Cc1ccc(C(=O)c2ccccc2[PH](=O)OC(C)O)c(C)c1C. The molecule has 2 atom stereocenters. The number of aliphatic hydroxyl groups excluding tert-OH is 1. The topological polar surface area (TPSA) is 63.6 Å². The molecule has 2 aromatic rings. The summed E-state index contributed by atoms with van der Waals surface area (Å²) < 4.78 is 17.3. The first-order valence-corrected chi connectivity index (χ1v) is 8.74. The number of carbonyl (C=O) groups excluding carboxylic acids is 1. The zero-order valence-corrected chi connectivity index (χ0v) is 14.7. The zero-order chi connectivity index (χ0) is 17.1. The fourth-order valence-electron chi connectivity index (χ4n) is 2.42. The Morgan fingerprint density at radius 3 is 2.35 bits per heavy atom. The number of aliphatic hydroxyl groups is 1. The molecule has 5 heteroatoms. The van der Waals surface area contributed by atoms with E-state index in [1.807, 2.05) is 26.8 Å². The molecule has 0 saturated heterocycles. The maximum atomic E-state index is 12.9. The van der Waals surface area contributed by atoms with Crippen molar-refractivity contribution in [1.29, 1.82) is 0 Å². The van der Waals surface area contributed by atoms with Crippen LogP contribution in [0.1, 0.15) is 39.5 Å². The molecule has 0 amide bonds. The van der Waals surface area contributed by atoms with Gasteiger partial charge in [0.15, 0.2) is 12.1 Å². The highest BCUT2D eigenvalue weighted by molar-refractivity contribution is 7.48. The fourth-order valence-corrected chi connectivity index (χ4v) is 3.51. The van der Waals surface area contributed by atoms with E-state index < -0.39 is 14.3 Å². The van der Waals surface area contributed by atoms with Crippen molar-refractivity contribution in [2.75, 3.05) is 0 Å². The van der Waals surface area contributed by atoms with Gasteiger partial charge in [0.2, 0.25) is 8.03 Å². The minimum Gasteiger partial charge on any atom is -0.368 e.